The van der Waals surface area contributed by atoms with Crippen molar-refractivity contribution in [2.75, 3.05) is 33.4 Å². The average molecular weight is 419 g/mol. The van der Waals surface area contributed by atoms with Gasteiger partial charge in [-0.05, 0) is 45.1 Å². The number of hydrogen-bond acceptors (Lipinski definition) is 7. The second-order valence-electron chi connectivity index (χ2n) is 8.34. The van der Waals surface area contributed by atoms with E-state index in [0.29, 0.717) is 19.1 Å². The first-order valence-electron chi connectivity index (χ1n) is 10.4. The summed E-state index contributed by atoms with van der Waals surface area (Å²) in [5, 5.41) is 14.1. The largest absolute Gasteiger partial charge is 0.389 e. The van der Waals surface area contributed by atoms with E-state index < -0.39 is 6.10 Å². The molecular weight excluding hydrogens is 388 g/mol. The summed E-state index contributed by atoms with van der Waals surface area (Å²) >= 11 is 1.49. The SMILES string of the molecule is COC[C@H](O)CN1CCC(NC(=O)c2sc3nc(C4CC4)nc(C)c3c2C)CC1. The van der Waals surface area contributed by atoms with Gasteiger partial charge in [0.15, 0.2) is 0 Å². The Labute approximate surface area is 175 Å². The van der Waals surface area contributed by atoms with E-state index in [1.165, 1.54) is 24.2 Å². The zero-order chi connectivity index (χ0) is 20.5. The predicted octanol–water partition coefficient (Wildman–Crippen LogP) is 2.39. The molecule has 7 nitrogen and oxygen atoms in total. The lowest BCUT2D eigenvalue weighted by Gasteiger charge is -2.33. The highest BCUT2D eigenvalue weighted by atomic mass is 32.1. The van der Waals surface area contributed by atoms with Gasteiger partial charge >= 0.3 is 0 Å². The van der Waals surface area contributed by atoms with Gasteiger partial charge in [0, 0.05) is 44.1 Å². The molecule has 29 heavy (non-hydrogen) atoms. The highest BCUT2D eigenvalue weighted by Crippen LogP contribution is 2.40. The number of carbonyl (C=O) groups excluding carboxylic acids is 1. The number of β-amino-alcohol motifs (C(OH)–C–C–N with tert-alkyl or cyclic N) is 1. The van der Waals surface area contributed by atoms with Gasteiger partial charge in [0.2, 0.25) is 0 Å². The van der Waals surface area contributed by atoms with Crippen LogP contribution in [0.15, 0.2) is 0 Å². The van der Waals surface area contributed by atoms with Gasteiger partial charge in [0.1, 0.15) is 10.7 Å². The number of likely N-dealkylation sites (tertiary alicyclic amines) is 1. The number of rotatable bonds is 7. The van der Waals surface area contributed by atoms with E-state index >= 15 is 0 Å². The molecule has 2 fully saturated rings. The van der Waals surface area contributed by atoms with Crippen molar-refractivity contribution in [3.05, 3.63) is 22.0 Å². The predicted molar refractivity (Wildman–Crippen MR) is 114 cm³/mol. The highest BCUT2D eigenvalue weighted by molar-refractivity contribution is 7.20. The fourth-order valence-corrected chi connectivity index (χ4v) is 5.30. The fraction of sp³-hybridized carbons (Fsp3) is 0.667. The molecule has 8 heteroatoms. The Morgan fingerprint density at radius 1 is 1.28 bits per heavy atom. The topological polar surface area (TPSA) is 87.6 Å². The third-order valence-corrected chi connectivity index (χ3v) is 7.07. The normalized spacial score (nSPS) is 19.6. The molecule has 2 N–H and O–H groups in total. The molecule has 0 aromatic carbocycles. The van der Waals surface area contributed by atoms with Crippen LogP contribution in [-0.2, 0) is 4.74 Å². The van der Waals surface area contributed by atoms with Crippen molar-refractivity contribution >= 4 is 27.5 Å². The van der Waals surface area contributed by atoms with Crippen LogP contribution >= 0.6 is 11.3 Å². The molecule has 1 aliphatic carbocycles. The van der Waals surface area contributed by atoms with Gasteiger partial charge in [-0.3, -0.25) is 4.79 Å². The number of piperidine rings is 1. The third kappa shape index (κ3) is 4.60. The number of thiophene rings is 1. The number of hydrogen-bond donors (Lipinski definition) is 2. The Hall–Kier alpha value is -1.61. The molecule has 1 saturated heterocycles. The van der Waals surface area contributed by atoms with Gasteiger partial charge in [-0.25, -0.2) is 9.97 Å². The van der Waals surface area contributed by atoms with Crippen molar-refractivity contribution in [3.63, 3.8) is 0 Å². The van der Waals surface area contributed by atoms with E-state index in [0.717, 1.165) is 58.1 Å². The highest BCUT2D eigenvalue weighted by Gasteiger charge is 2.29. The lowest BCUT2D eigenvalue weighted by atomic mass is 10.0. The van der Waals surface area contributed by atoms with E-state index in [2.05, 4.69) is 15.2 Å². The monoisotopic (exact) mass is 418 g/mol. The Morgan fingerprint density at radius 3 is 2.66 bits per heavy atom. The number of aliphatic hydroxyl groups is 1. The minimum absolute atomic E-state index is 0.00394. The number of nitrogens with zero attached hydrogens (tertiary/aromatic N) is 3. The number of methoxy groups -OCH3 is 1. The maximum atomic E-state index is 13.0. The molecule has 1 aliphatic heterocycles. The molecule has 0 radical (unpaired) electrons. The molecule has 2 aromatic rings. The standard InChI is InChI=1S/C21H30N4O3S/c1-12-17-13(2)22-19(14-4-5-14)24-21(17)29-18(12)20(27)23-15-6-8-25(9-7-15)10-16(26)11-28-3/h14-16,26H,4-11H2,1-3H3,(H,23,27)/t16-/m1/s1. The van der Waals surface area contributed by atoms with Crippen LogP contribution in [0.3, 0.4) is 0 Å². The fourth-order valence-electron chi connectivity index (χ4n) is 4.15. The van der Waals surface area contributed by atoms with E-state index in [-0.39, 0.29) is 11.9 Å². The number of nitrogens with one attached hydrogen (secondary N) is 1. The van der Waals surface area contributed by atoms with E-state index in [9.17, 15) is 9.90 Å². The van der Waals surface area contributed by atoms with E-state index in [1.807, 2.05) is 13.8 Å². The molecule has 0 bridgehead atoms. The van der Waals surface area contributed by atoms with Gasteiger partial charge in [-0.1, -0.05) is 0 Å². The first-order valence-corrected chi connectivity index (χ1v) is 11.3. The molecule has 1 amide bonds. The summed E-state index contributed by atoms with van der Waals surface area (Å²) in [4.78, 5) is 26.3. The van der Waals surface area contributed by atoms with Crippen molar-refractivity contribution < 1.29 is 14.6 Å². The number of amides is 1. The van der Waals surface area contributed by atoms with Crippen LogP contribution < -0.4 is 5.32 Å². The summed E-state index contributed by atoms with van der Waals surface area (Å²) in [7, 11) is 1.60. The van der Waals surface area contributed by atoms with Gasteiger partial charge in [0.05, 0.1) is 23.3 Å². The zero-order valence-corrected chi connectivity index (χ0v) is 18.2. The molecule has 158 valence electrons. The zero-order valence-electron chi connectivity index (χ0n) is 17.4. The number of aryl methyl sites for hydroxylation is 2. The quantitative estimate of drug-likeness (QED) is 0.718. The van der Waals surface area contributed by atoms with Crippen molar-refractivity contribution in [1.29, 1.82) is 0 Å². The molecule has 0 unspecified atom stereocenters. The summed E-state index contributed by atoms with van der Waals surface area (Å²) in [5.74, 6) is 1.44. The molecule has 2 aliphatic rings. The second kappa shape index (κ2) is 8.63. The minimum Gasteiger partial charge on any atom is -0.389 e. The van der Waals surface area contributed by atoms with Gasteiger partial charge in [0.25, 0.3) is 5.91 Å². The Balaban J connectivity index is 1.39. The molecule has 1 saturated carbocycles. The maximum absolute atomic E-state index is 13.0. The van der Waals surface area contributed by atoms with Gasteiger partial charge in [-0.15, -0.1) is 11.3 Å². The van der Waals surface area contributed by atoms with Crippen LogP contribution in [0.2, 0.25) is 0 Å². The summed E-state index contributed by atoms with van der Waals surface area (Å²) < 4.78 is 4.99. The first kappa shape index (κ1) is 20.7. The Morgan fingerprint density at radius 2 is 2.00 bits per heavy atom. The van der Waals surface area contributed by atoms with Crippen LogP contribution in [0, 0.1) is 13.8 Å². The van der Waals surface area contributed by atoms with Crippen LogP contribution in [-0.4, -0.2) is 71.4 Å². The Kier molecular flexibility index (Phi) is 6.15. The van der Waals surface area contributed by atoms with Crippen LogP contribution in [0.25, 0.3) is 10.2 Å². The summed E-state index contributed by atoms with van der Waals surface area (Å²) in [6, 6.07) is 0.164. The lowest BCUT2D eigenvalue weighted by molar-refractivity contribution is 0.0309. The smallest absolute Gasteiger partial charge is 0.261 e. The van der Waals surface area contributed by atoms with Crippen molar-refractivity contribution in [2.45, 2.75) is 57.6 Å². The number of aliphatic hydroxyl groups excluding tert-OH is 1. The summed E-state index contributed by atoms with van der Waals surface area (Å²) in [5.41, 5.74) is 1.97. The van der Waals surface area contributed by atoms with Crippen LogP contribution in [0.1, 0.15) is 58.4 Å². The minimum atomic E-state index is -0.461. The Bertz CT molecular complexity index is 888. The van der Waals surface area contributed by atoms with E-state index in [1.54, 1.807) is 7.11 Å². The molecule has 1 atom stereocenters. The maximum Gasteiger partial charge on any atom is 0.261 e. The van der Waals surface area contributed by atoms with Gasteiger partial charge < -0.3 is 20.1 Å². The molecule has 3 heterocycles. The number of aromatic nitrogens is 2. The number of fused-ring (bicyclic) bond motifs is 1. The third-order valence-electron chi connectivity index (χ3n) is 5.89. The second-order valence-corrected chi connectivity index (χ2v) is 9.33. The van der Waals surface area contributed by atoms with Crippen LogP contribution in [0.4, 0.5) is 0 Å². The number of carbonyl (C=O) groups is 1. The summed E-state index contributed by atoms with van der Waals surface area (Å²) in [6.07, 6.45) is 3.66. The van der Waals surface area contributed by atoms with E-state index in [4.69, 9.17) is 9.72 Å². The molecule has 2 aromatic heterocycles. The van der Waals surface area contributed by atoms with Crippen LogP contribution in [0.5, 0.6) is 0 Å². The summed E-state index contributed by atoms with van der Waals surface area (Å²) in [6.45, 7) is 6.72. The molecular formula is C21H30N4O3S. The number of ether oxygens (including phenoxy) is 1. The van der Waals surface area contributed by atoms with Crippen molar-refractivity contribution in [2.24, 2.45) is 0 Å². The van der Waals surface area contributed by atoms with Crippen molar-refractivity contribution in [3.8, 4) is 0 Å². The van der Waals surface area contributed by atoms with Gasteiger partial charge in [-0.2, -0.15) is 0 Å². The average Bonchev–Trinajstić information content (AvgIpc) is 3.47. The lowest BCUT2D eigenvalue weighted by Crippen LogP contribution is -2.46. The molecule has 0 spiro atoms. The molecule has 4 rings (SSSR count). The van der Waals surface area contributed by atoms with Crippen molar-refractivity contribution in [1.82, 2.24) is 20.2 Å². The first-order chi connectivity index (χ1) is 14.0.